The first-order chi connectivity index (χ1) is 31.5. The second-order valence-corrected chi connectivity index (χ2v) is 19.6. The van der Waals surface area contributed by atoms with Gasteiger partial charge in [-0.1, -0.05) is 270 Å². The number of hydrogen-bond acceptors (Lipinski definition) is 6. The first kappa shape index (κ1) is 62.1. The van der Waals surface area contributed by atoms with Gasteiger partial charge in [-0.15, -0.1) is 0 Å². The number of esters is 3. The predicted molar refractivity (Wildman–Crippen MR) is 275 cm³/mol. The molecule has 6 heteroatoms. The maximum atomic E-state index is 12.8. The second kappa shape index (κ2) is 53.8. The van der Waals surface area contributed by atoms with E-state index in [1.165, 1.54) is 225 Å². The first-order valence-electron chi connectivity index (χ1n) is 28.7. The summed E-state index contributed by atoms with van der Waals surface area (Å²) in [6.45, 7) is 6.64. The average molecular weight is 904 g/mol. The largest absolute Gasteiger partial charge is 0.462 e. The number of carbonyl (C=O) groups excluding carboxylic acids is 3. The van der Waals surface area contributed by atoms with Crippen LogP contribution in [0.25, 0.3) is 0 Å². The van der Waals surface area contributed by atoms with E-state index < -0.39 is 6.10 Å². The molecule has 0 rings (SSSR count). The van der Waals surface area contributed by atoms with Crippen molar-refractivity contribution in [3.8, 4) is 0 Å². The van der Waals surface area contributed by atoms with Crippen LogP contribution in [-0.4, -0.2) is 37.2 Å². The molecule has 0 aliphatic heterocycles. The lowest BCUT2D eigenvalue weighted by Gasteiger charge is -2.18. The molecular formula is C58H110O6. The Kier molecular flexibility index (Phi) is 52.2. The fourth-order valence-electron chi connectivity index (χ4n) is 8.68. The van der Waals surface area contributed by atoms with E-state index in [1.54, 1.807) is 0 Å². The van der Waals surface area contributed by atoms with Crippen molar-refractivity contribution in [2.24, 2.45) is 0 Å². The standard InChI is InChI=1S/C58H110O6/c1-4-7-10-13-16-18-20-22-24-25-26-27-28-29-30-31-32-33-34-36-37-39-42-45-48-51-57(60)63-54-55(53-62-56(59)50-47-44-41-15-12-9-6-3)64-58(61)52-49-46-43-40-38-35-23-21-19-17-14-11-8-5-2/h25-26,55H,4-24,27-54H2,1-3H3/b26-25-. The molecule has 0 aromatic rings. The van der Waals surface area contributed by atoms with Gasteiger partial charge in [0.25, 0.3) is 0 Å². The minimum Gasteiger partial charge on any atom is -0.462 e. The SMILES string of the molecule is CCCCCCCCCC/C=C\CCCCCCCCCCCCCCCC(=O)OCC(COC(=O)CCCCCCCCC)OC(=O)CCCCCCCCCCCCCCCC. The minimum absolute atomic E-state index is 0.0647. The van der Waals surface area contributed by atoms with E-state index in [-0.39, 0.29) is 31.1 Å². The molecule has 0 aromatic heterocycles. The molecule has 0 radical (unpaired) electrons. The molecule has 1 unspecified atom stereocenters. The number of hydrogen-bond donors (Lipinski definition) is 0. The molecule has 0 heterocycles. The summed E-state index contributed by atoms with van der Waals surface area (Å²) >= 11 is 0. The zero-order valence-corrected chi connectivity index (χ0v) is 43.3. The van der Waals surface area contributed by atoms with Gasteiger partial charge in [0, 0.05) is 19.3 Å². The van der Waals surface area contributed by atoms with Crippen LogP contribution in [0, 0.1) is 0 Å². The van der Waals surface area contributed by atoms with Crippen molar-refractivity contribution in [1.82, 2.24) is 0 Å². The van der Waals surface area contributed by atoms with E-state index in [0.717, 1.165) is 57.8 Å². The van der Waals surface area contributed by atoms with Gasteiger partial charge < -0.3 is 14.2 Å². The third-order valence-electron chi connectivity index (χ3n) is 13.0. The predicted octanol–water partition coefficient (Wildman–Crippen LogP) is 18.9. The van der Waals surface area contributed by atoms with Crippen molar-refractivity contribution >= 4 is 17.9 Å². The number of unbranched alkanes of at least 4 members (excludes halogenated alkanes) is 40. The van der Waals surface area contributed by atoms with Crippen molar-refractivity contribution in [3.63, 3.8) is 0 Å². The smallest absolute Gasteiger partial charge is 0.306 e. The molecule has 378 valence electrons. The van der Waals surface area contributed by atoms with Gasteiger partial charge in [0.15, 0.2) is 6.10 Å². The van der Waals surface area contributed by atoms with Crippen molar-refractivity contribution < 1.29 is 28.6 Å². The van der Waals surface area contributed by atoms with E-state index in [1.807, 2.05) is 0 Å². The van der Waals surface area contributed by atoms with Gasteiger partial charge in [0.2, 0.25) is 0 Å². The van der Waals surface area contributed by atoms with E-state index in [9.17, 15) is 14.4 Å². The van der Waals surface area contributed by atoms with E-state index in [2.05, 4.69) is 32.9 Å². The average Bonchev–Trinajstić information content (AvgIpc) is 3.29. The van der Waals surface area contributed by atoms with Crippen molar-refractivity contribution in [2.45, 2.75) is 329 Å². The molecule has 0 saturated carbocycles. The van der Waals surface area contributed by atoms with E-state index in [4.69, 9.17) is 14.2 Å². The van der Waals surface area contributed by atoms with E-state index in [0.29, 0.717) is 19.3 Å². The van der Waals surface area contributed by atoms with Crippen LogP contribution in [0.2, 0.25) is 0 Å². The van der Waals surface area contributed by atoms with Crippen molar-refractivity contribution in [2.75, 3.05) is 13.2 Å². The Bertz CT molecular complexity index is 993. The maximum Gasteiger partial charge on any atom is 0.306 e. The summed E-state index contributed by atoms with van der Waals surface area (Å²) in [6, 6.07) is 0. The Hall–Kier alpha value is -1.85. The number of carbonyl (C=O) groups is 3. The highest BCUT2D eigenvalue weighted by Gasteiger charge is 2.19. The highest BCUT2D eigenvalue weighted by atomic mass is 16.6. The van der Waals surface area contributed by atoms with Crippen LogP contribution in [0.15, 0.2) is 12.2 Å². The molecule has 0 aromatic carbocycles. The third-order valence-corrected chi connectivity index (χ3v) is 13.0. The quantitative estimate of drug-likeness (QED) is 0.0262. The van der Waals surface area contributed by atoms with Crippen LogP contribution in [0.4, 0.5) is 0 Å². The normalized spacial score (nSPS) is 12.0. The molecule has 0 spiro atoms. The number of rotatable bonds is 53. The van der Waals surface area contributed by atoms with Gasteiger partial charge in [-0.2, -0.15) is 0 Å². The summed E-state index contributed by atoms with van der Waals surface area (Å²) in [5.74, 6) is -0.851. The molecule has 0 saturated heterocycles. The molecular weight excluding hydrogens is 793 g/mol. The topological polar surface area (TPSA) is 78.9 Å². The van der Waals surface area contributed by atoms with Gasteiger partial charge >= 0.3 is 17.9 Å². The zero-order chi connectivity index (χ0) is 46.5. The highest BCUT2D eigenvalue weighted by Crippen LogP contribution is 2.17. The van der Waals surface area contributed by atoms with Gasteiger partial charge in [0.05, 0.1) is 0 Å². The van der Waals surface area contributed by atoms with Crippen LogP contribution >= 0.6 is 0 Å². The number of allylic oxidation sites excluding steroid dienone is 2. The Labute approximate surface area is 399 Å². The van der Waals surface area contributed by atoms with Gasteiger partial charge in [-0.3, -0.25) is 14.4 Å². The summed E-state index contributed by atoms with van der Waals surface area (Å²) < 4.78 is 16.8. The molecule has 0 amide bonds. The lowest BCUT2D eigenvalue weighted by Crippen LogP contribution is -2.30. The monoisotopic (exact) mass is 903 g/mol. The third kappa shape index (κ3) is 51.1. The molecule has 0 N–H and O–H groups in total. The fourth-order valence-corrected chi connectivity index (χ4v) is 8.68. The first-order valence-corrected chi connectivity index (χ1v) is 28.7. The summed E-state index contributed by atoms with van der Waals surface area (Å²) in [7, 11) is 0. The molecule has 6 nitrogen and oxygen atoms in total. The Morgan fingerprint density at radius 3 is 0.781 bits per heavy atom. The summed E-state index contributed by atoms with van der Waals surface area (Å²) in [5, 5.41) is 0. The van der Waals surface area contributed by atoms with Crippen LogP contribution in [0.3, 0.4) is 0 Å². The Morgan fingerprint density at radius 2 is 0.516 bits per heavy atom. The van der Waals surface area contributed by atoms with Crippen LogP contribution in [0.5, 0.6) is 0 Å². The maximum absolute atomic E-state index is 12.8. The molecule has 0 aliphatic carbocycles. The summed E-state index contributed by atoms with van der Waals surface area (Å²) in [6.07, 6.45) is 60.9. The molecule has 0 aliphatic rings. The molecule has 0 bridgehead atoms. The number of ether oxygens (including phenoxy) is 3. The van der Waals surface area contributed by atoms with Gasteiger partial charge in [-0.25, -0.2) is 0 Å². The molecule has 0 fully saturated rings. The van der Waals surface area contributed by atoms with Crippen LogP contribution in [-0.2, 0) is 28.6 Å². The zero-order valence-electron chi connectivity index (χ0n) is 43.3. The van der Waals surface area contributed by atoms with E-state index >= 15 is 0 Å². The Balaban J connectivity index is 4.07. The second-order valence-electron chi connectivity index (χ2n) is 19.6. The lowest BCUT2D eigenvalue weighted by molar-refractivity contribution is -0.167. The van der Waals surface area contributed by atoms with Crippen LogP contribution < -0.4 is 0 Å². The fraction of sp³-hybridized carbons (Fsp3) is 0.914. The summed E-state index contributed by atoms with van der Waals surface area (Å²) in [4.78, 5) is 37.9. The van der Waals surface area contributed by atoms with Gasteiger partial charge in [0.1, 0.15) is 13.2 Å². The van der Waals surface area contributed by atoms with Gasteiger partial charge in [-0.05, 0) is 44.9 Å². The Morgan fingerprint density at radius 1 is 0.297 bits per heavy atom. The molecule has 64 heavy (non-hydrogen) atoms. The summed E-state index contributed by atoms with van der Waals surface area (Å²) in [5.41, 5.74) is 0. The van der Waals surface area contributed by atoms with Crippen LogP contribution in [0.1, 0.15) is 323 Å². The molecule has 1 atom stereocenters. The minimum atomic E-state index is -0.762. The lowest BCUT2D eigenvalue weighted by atomic mass is 10.0. The highest BCUT2D eigenvalue weighted by molar-refractivity contribution is 5.71. The van der Waals surface area contributed by atoms with Crippen molar-refractivity contribution in [3.05, 3.63) is 12.2 Å². The van der Waals surface area contributed by atoms with Crippen molar-refractivity contribution in [1.29, 1.82) is 0 Å².